The first-order valence-electron chi connectivity index (χ1n) is 8.80. The van der Waals surface area contributed by atoms with Gasteiger partial charge >= 0.3 is 6.18 Å². The molecule has 1 aliphatic rings. The van der Waals surface area contributed by atoms with Crippen molar-refractivity contribution in [1.29, 1.82) is 0 Å². The Kier molecular flexibility index (Phi) is 4.91. The zero-order valence-corrected chi connectivity index (χ0v) is 16.6. The van der Waals surface area contributed by atoms with Crippen LogP contribution in [-0.2, 0) is 19.1 Å². The van der Waals surface area contributed by atoms with Gasteiger partial charge in [0.15, 0.2) is 5.82 Å². The van der Waals surface area contributed by atoms with Crippen LogP contribution in [0, 0.1) is 0 Å². The number of fused-ring (bicyclic) bond motifs is 1. The van der Waals surface area contributed by atoms with Gasteiger partial charge < -0.3 is 4.74 Å². The van der Waals surface area contributed by atoms with Crippen LogP contribution in [0.5, 0.6) is 5.75 Å². The lowest BCUT2D eigenvalue weighted by Crippen LogP contribution is -2.19. The molecule has 0 saturated heterocycles. The van der Waals surface area contributed by atoms with Crippen LogP contribution in [0.2, 0.25) is 0 Å². The number of hydrogen-bond acceptors (Lipinski definition) is 3. The van der Waals surface area contributed by atoms with Gasteiger partial charge in [-0.15, -0.1) is 0 Å². The Labute approximate surface area is 168 Å². The summed E-state index contributed by atoms with van der Waals surface area (Å²) in [6.07, 6.45) is -3.05. The SMILES string of the molecule is COc1cc(-c2nc3n(n2)CCC(c2cccc(C(F)(F)F)c2)C3)ccc1Br. The molecule has 1 aromatic heterocycles. The zero-order chi connectivity index (χ0) is 19.9. The second-order valence-electron chi connectivity index (χ2n) is 6.74. The van der Waals surface area contributed by atoms with Gasteiger partial charge in [0.1, 0.15) is 11.6 Å². The van der Waals surface area contributed by atoms with Crippen molar-refractivity contribution in [3.05, 3.63) is 63.9 Å². The molecule has 0 N–H and O–H groups in total. The molecule has 0 fully saturated rings. The Bertz CT molecular complexity index is 1020. The van der Waals surface area contributed by atoms with E-state index in [0.29, 0.717) is 30.1 Å². The van der Waals surface area contributed by atoms with E-state index in [2.05, 4.69) is 26.0 Å². The summed E-state index contributed by atoms with van der Waals surface area (Å²) in [4.78, 5) is 4.63. The van der Waals surface area contributed by atoms with Crippen LogP contribution in [0.3, 0.4) is 0 Å². The molecule has 1 aliphatic heterocycles. The lowest BCUT2D eigenvalue weighted by Gasteiger charge is -2.23. The standard InChI is InChI=1S/C20H17BrF3N3O/c1-28-17-10-14(5-6-16(17)21)19-25-18-11-13(7-8-27(18)26-19)12-3-2-4-15(9-12)20(22,23)24/h2-6,9-10,13H,7-8,11H2,1H3. The van der Waals surface area contributed by atoms with Gasteiger partial charge in [-0.05, 0) is 58.1 Å². The van der Waals surface area contributed by atoms with Crippen molar-refractivity contribution >= 4 is 15.9 Å². The molecule has 28 heavy (non-hydrogen) atoms. The van der Waals surface area contributed by atoms with E-state index < -0.39 is 11.7 Å². The minimum Gasteiger partial charge on any atom is -0.496 e. The topological polar surface area (TPSA) is 39.9 Å². The molecule has 1 atom stereocenters. The molecule has 4 nitrogen and oxygen atoms in total. The van der Waals surface area contributed by atoms with Crippen molar-refractivity contribution in [1.82, 2.24) is 14.8 Å². The fourth-order valence-electron chi connectivity index (χ4n) is 3.48. The maximum absolute atomic E-state index is 13.0. The zero-order valence-electron chi connectivity index (χ0n) is 15.0. The second kappa shape index (κ2) is 7.24. The van der Waals surface area contributed by atoms with Gasteiger partial charge in [0.25, 0.3) is 0 Å². The summed E-state index contributed by atoms with van der Waals surface area (Å²) < 4.78 is 47.0. The molecule has 0 amide bonds. The van der Waals surface area contributed by atoms with Gasteiger partial charge in [0.2, 0.25) is 0 Å². The number of rotatable bonds is 3. The molecule has 2 aromatic carbocycles. The number of benzene rings is 2. The molecule has 146 valence electrons. The monoisotopic (exact) mass is 451 g/mol. The fourth-order valence-corrected chi connectivity index (χ4v) is 3.89. The van der Waals surface area contributed by atoms with E-state index in [9.17, 15) is 13.2 Å². The summed E-state index contributed by atoms with van der Waals surface area (Å²) in [5, 5.41) is 4.57. The molecular weight excluding hydrogens is 435 g/mol. The number of nitrogens with zero attached hydrogens (tertiary/aromatic N) is 3. The first kappa shape index (κ1) is 19.0. The summed E-state index contributed by atoms with van der Waals surface area (Å²) in [5.74, 6) is 2.05. The number of hydrogen-bond donors (Lipinski definition) is 0. The number of methoxy groups -OCH3 is 1. The molecule has 0 bridgehead atoms. The van der Waals surface area contributed by atoms with Crippen molar-refractivity contribution in [2.45, 2.75) is 31.5 Å². The van der Waals surface area contributed by atoms with Gasteiger partial charge in [-0.25, -0.2) is 9.67 Å². The predicted molar refractivity (Wildman–Crippen MR) is 102 cm³/mol. The van der Waals surface area contributed by atoms with Crippen LogP contribution >= 0.6 is 15.9 Å². The van der Waals surface area contributed by atoms with Crippen LogP contribution in [0.1, 0.15) is 29.3 Å². The average Bonchev–Trinajstić information content (AvgIpc) is 3.11. The van der Waals surface area contributed by atoms with E-state index >= 15 is 0 Å². The lowest BCUT2D eigenvalue weighted by atomic mass is 9.89. The summed E-state index contributed by atoms with van der Waals surface area (Å²) in [5.41, 5.74) is 0.910. The summed E-state index contributed by atoms with van der Waals surface area (Å²) in [6, 6.07) is 11.2. The molecule has 0 saturated carbocycles. The highest BCUT2D eigenvalue weighted by molar-refractivity contribution is 9.10. The van der Waals surface area contributed by atoms with E-state index in [-0.39, 0.29) is 5.92 Å². The van der Waals surface area contributed by atoms with E-state index in [1.165, 1.54) is 12.1 Å². The number of ether oxygens (including phenoxy) is 1. The minimum atomic E-state index is -4.33. The molecule has 0 aliphatic carbocycles. The number of alkyl halides is 3. The maximum Gasteiger partial charge on any atom is 0.416 e. The smallest absolute Gasteiger partial charge is 0.416 e. The molecule has 1 unspecified atom stereocenters. The Morgan fingerprint density at radius 2 is 2.00 bits per heavy atom. The number of aromatic nitrogens is 3. The van der Waals surface area contributed by atoms with Crippen LogP contribution in [0.25, 0.3) is 11.4 Å². The Morgan fingerprint density at radius 3 is 2.75 bits per heavy atom. The van der Waals surface area contributed by atoms with E-state index in [1.807, 2.05) is 22.9 Å². The van der Waals surface area contributed by atoms with Gasteiger partial charge in [-0.2, -0.15) is 18.3 Å². The normalized spacial score (nSPS) is 16.7. The van der Waals surface area contributed by atoms with Crippen LogP contribution < -0.4 is 4.74 Å². The Morgan fingerprint density at radius 1 is 1.18 bits per heavy atom. The highest BCUT2D eigenvalue weighted by Crippen LogP contribution is 2.35. The molecular formula is C20H17BrF3N3O. The first-order chi connectivity index (χ1) is 13.3. The molecule has 2 heterocycles. The summed E-state index contributed by atoms with van der Waals surface area (Å²) in [6.45, 7) is 0.622. The third-order valence-corrected chi connectivity index (χ3v) is 5.62. The van der Waals surface area contributed by atoms with Crippen molar-refractivity contribution < 1.29 is 17.9 Å². The van der Waals surface area contributed by atoms with Gasteiger partial charge in [0.05, 0.1) is 17.1 Å². The van der Waals surface area contributed by atoms with Crippen LogP contribution in [0.15, 0.2) is 46.9 Å². The van der Waals surface area contributed by atoms with Gasteiger partial charge in [-0.1, -0.05) is 18.2 Å². The predicted octanol–water partition coefficient (Wildman–Crippen LogP) is 5.47. The fraction of sp³-hybridized carbons (Fsp3) is 0.300. The van der Waals surface area contributed by atoms with E-state index in [0.717, 1.165) is 28.3 Å². The van der Waals surface area contributed by atoms with Crippen molar-refractivity contribution in [2.24, 2.45) is 0 Å². The quantitative estimate of drug-likeness (QED) is 0.530. The molecule has 3 aromatic rings. The Balaban J connectivity index is 1.60. The highest BCUT2D eigenvalue weighted by atomic mass is 79.9. The highest BCUT2D eigenvalue weighted by Gasteiger charge is 2.32. The largest absolute Gasteiger partial charge is 0.496 e. The van der Waals surface area contributed by atoms with Crippen molar-refractivity contribution in [3.8, 4) is 17.1 Å². The summed E-state index contributed by atoms with van der Waals surface area (Å²) >= 11 is 3.42. The Hall–Kier alpha value is -2.35. The van der Waals surface area contributed by atoms with Crippen molar-refractivity contribution in [3.63, 3.8) is 0 Å². The van der Waals surface area contributed by atoms with Gasteiger partial charge in [-0.3, -0.25) is 0 Å². The number of halogens is 4. The molecule has 4 rings (SSSR count). The summed E-state index contributed by atoms with van der Waals surface area (Å²) in [7, 11) is 1.59. The maximum atomic E-state index is 13.0. The third kappa shape index (κ3) is 3.65. The van der Waals surface area contributed by atoms with Gasteiger partial charge in [0, 0.05) is 18.5 Å². The molecule has 0 spiro atoms. The first-order valence-corrected chi connectivity index (χ1v) is 9.59. The van der Waals surface area contributed by atoms with Crippen LogP contribution in [0.4, 0.5) is 13.2 Å². The minimum absolute atomic E-state index is 0.00805. The molecule has 0 radical (unpaired) electrons. The van der Waals surface area contributed by atoms with Crippen molar-refractivity contribution in [2.75, 3.05) is 7.11 Å². The van der Waals surface area contributed by atoms with E-state index in [1.54, 1.807) is 13.2 Å². The second-order valence-corrected chi connectivity index (χ2v) is 7.59. The number of aryl methyl sites for hydroxylation is 1. The molecule has 8 heteroatoms. The van der Waals surface area contributed by atoms with Crippen LogP contribution in [-0.4, -0.2) is 21.9 Å². The average molecular weight is 452 g/mol. The van der Waals surface area contributed by atoms with E-state index in [4.69, 9.17) is 4.74 Å². The lowest BCUT2D eigenvalue weighted by molar-refractivity contribution is -0.137. The third-order valence-electron chi connectivity index (χ3n) is 4.96.